The van der Waals surface area contributed by atoms with Gasteiger partial charge in [0, 0.05) is 107 Å². The van der Waals surface area contributed by atoms with Crippen LogP contribution in [0, 0.1) is 0 Å². The SMILES string of the molecule is c1ccc(-c2nc(-c3ccccc3)nc(-c3ccc4c5ccc(-n6c7ccccc7c7cc(-c8cccc9c8sc8ccccc89)ccc76)cc5c5ccccc5c4c3)n2)cc1.c1ccc(-c2nc(-c3ccccc3)nc(-c3ccc4c5ccccc5c5ccc(-n6c7ccccc7c7cc(-c8cccc9c8sc8ccccc89)ccc76)cc5c4c3)n2)cc1. The summed E-state index contributed by atoms with van der Waals surface area (Å²) in [7, 11) is 0. The van der Waals surface area contributed by atoms with Crippen LogP contribution in [0.3, 0.4) is 0 Å². The fraction of sp³-hybridized carbons (Fsp3) is 0. The highest BCUT2D eigenvalue weighted by Crippen LogP contribution is 2.48. The van der Waals surface area contributed by atoms with Crippen LogP contribution in [-0.4, -0.2) is 39.0 Å². The van der Waals surface area contributed by atoms with Crippen molar-refractivity contribution >= 4 is 171 Å². The molecular weight excluding hydrogens is 1550 g/mol. The monoisotopic (exact) mass is 1610 g/mol. The number of fused-ring (bicyclic) bond motifs is 24. The minimum Gasteiger partial charge on any atom is -0.309 e. The van der Waals surface area contributed by atoms with E-state index >= 15 is 0 Å². The van der Waals surface area contributed by atoms with Crippen molar-refractivity contribution in [1.29, 1.82) is 0 Å². The number of hydrogen-bond acceptors (Lipinski definition) is 8. The molecule has 0 spiro atoms. The van der Waals surface area contributed by atoms with Gasteiger partial charge in [-0.1, -0.05) is 328 Å². The Kier molecular flexibility index (Phi) is 16.5. The Hall–Kier alpha value is -16.0. The van der Waals surface area contributed by atoms with Gasteiger partial charge in [0.15, 0.2) is 34.9 Å². The predicted molar refractivity (Wildman–Crippen MR) is 523 cm³/mol. The first-order valence-electron chi connectivity index (χ1n) is 41.9. The second-order valence-electron chi connectivity index (χ2n) is 31.9. The summed E-state index contributed by atoms with van der Waals surface area (Å²) in [6.07, 6.45) is 0. The van der Waals surface area contributed by atoms with E-state index in [-0.39, 0.29) is 0 Å². The van der Waals surface area contributed by atoms with Gasteiger partial charge in [-0.3, -0.25) is 0 Å². The first kappa shape index (κ1) is 71.0. The van der Waals surface area contributed by atoms with Gasteiger partial charge in [0.25, 0.3) is 0 Å². The number of para-hydroxylation sites is 2. The lowest BCUT2D eigenvalue weighted by molar-refractivity contribution is 1.07. The summed E-state index contributed by atoms with van der Waals surface area (Å²) in [5.74, 6) is 3.89. The molecule has 0 unspecified atom stereocenters. The van der Waals surface area contributed by atoms with Crippen LogP contribution in [0.15, 0.2) is 413 Å². The maximum absolute atomic E-state index is 5.11. The van der Waals surface area contributed by atoms with Gasteiger partial charge in [0.05, 0.1) is 22.1 Å². The molecule has 6 aromatic heterocycles. The van der Waals surface area contributed by atoms with Crippen LogP contribution in [0.1, 0.15) is 0 Å². The van der Waals surface area contributed by atoms with Crippen LogP contribution < -0.4 is 0 Å². The highest BCUT2D eigenvalue weighted by molar-refractivity contribution is 7.26. The van der Waals surface area contributed by atoms with Crippen molar-refractivity contribution in [2.75, 3.05) is 0 Å². The number of hydrogen-bond donors (Lipinski definition) is 0. The number of benzene rings is 20. The van der Waals surface area contributed by atoms with Gasteiger partial charge >= 0.3 is 0 Å². The van der Waals surface area contributed by atoms with Gasteiger partial charge in [-0.15, -0.1) is 22.7 Å². The predicted octanol–water partition coefficient (Wildman–Crippen LogP) is 30.9. The van der Waals surface area contributed by atoms with E-state index in [1.807, 2.05) is 120 Å². The van der Waals surface area contributed by atoms with Gasteiger partial charge in [-0.25, -0.2) is 29.9 Å². The smallest absolute Gasteiger partial charge is 0.164 e. The van der Waals surface area contributed by atoms with Crippen molar-refractivity contribution in [2.24, 2.45) is 0 Å². The molecule has 0 saturated carbocycles. The molecule has 20 aromatic carbocycles. The lowest BCUT2D eigenvalue weighted by Crippen LogP contribution is -2.00. The molecule has 26 aromatic rings. The molecule has 0 radical (unpaired) electrons. The maximum atomic E-state index is 5.11. The number of aromatic nitrogens is 8. The second kappa shape index (κ2) is 28.9. The topological polar surface area (TPSA) is 87.2 Å². The zero-order chi connectivity index (χ0) is 81.5. The van der Waals surface area contributed by atoms with Crippen LogP contribution in [0.2, 0.25) is 0 Å². The third-order valence-corrected chi connectivity index (χ3v) is 27.3. The number of rotatable bonds is 10. The number of thiophene rings is 2. The van der Waals surface area contributed by atoms with Crippen molar-refractivity contribution in [1.82, 2.24) is 39.0 Å². The fourth-order valence-corrected chi connectivity index (χ4v) is 21.6. The van der Waals surface area contributed by atoms with Gasteiger partial charge in [-0.05, 0) is 172 Å². The molecule has 26 rings (SSSR count). The zero-order valence-electron chi connectivity index (χ0n) is 66.7. The van der Waals surface area contributed by atoms with Crippen LogP contribution in [0.25, 0.3) is 251 Å². The summed E-state index contributed by atoms with van der Waals surface area (Å²) < 4.78 is 10.2. The Morgan fingerprint density at radius 3 is 0.798 bits per heavy atom. The van der Waals surface area contributed by atoms with Crippen molar-refractivity contribution in [3.63, 3.8) is 0 Å². The average molecular weight is 1610 g/mol. The lowest BCUT2D eigenvalue weighted by atomic mass is 9.93. The Morgan fingerprint density at radius 2 is 0.411 bits per heavy atom. The molecule has 0 saturated heterocycles. The molecule has 10 heteroatoms. The van der Waals surface area contributed by atoms with E-state index in [1.54, 1.807) is 0 Å². The Bertz CT molecular complexity index is 8730. The first-order valence-corrected chi connectivity index (χ1v) is 43.5. The van der Waals surface area contributed by atoms with E-state index in [0.717, 1.165) is 50.1 Å². The van der Waals surface area contributed by atoms with Crippen molar-refractivity contribution in [3.05, 3.63) is 413 Å². The molecule has 0 atom stereocenters. The Balaban J connectivity index is 0.000000136. The van der Waals surface area contributed by atoms with E-state index in [2.05, 4.69) is 325 Å². The zero-order valence-corrected chi connectivity index (χ0v) is 68.3. The summed E-state index contributed by atoms with van der Waals surface area (Å²) >= 11 is 3.76. The van der Waals surface area contributed by atoms with E-state index in [0.29, 0.717) is 34.9 Å². The van der Waals surface area contributed by atoms with E-state index in [9.17, 15) is 0 Å². The summed E-state index contributed by atoms with van der Waals surface area (Å²) in [6, 6.07) is 148. The maximum Gasteiger partial charge on any atom is 0.164 e. The van der Waals surface area contributed by atoms with Gasteiger partial charge in [-0.2, -0.15) is 0 Å². The first-order chi connectivity index (χ1) is 61.5. The molecule has 124 heavy (non-hydrogen) atoms. The lowest BCUT2D eigenvalue weighted by Gasteiger charge is -2.15. The summed E-state index contributed by atoms with van der Waals surface area (Å²) in [5.41, 5.74) is 17.7. The highest BCUT2D eigenvalue weighted by Gasteiger charge is 2.24. The molecule has 0 aliphatic heterocycles. The molecule has 0 bridgehead atoms. The molecule has 0 amide bonds. The van der Waals surface area contributed by atoms with Gasteiger partial charge in [0.2, 0.25) is 0 Å². The van der Waals surface area contributed by atoms with Crippen LogP contribution >= 0.6 is 22.7 Å². The summed E-state index contributed by atoms with van der Waals surface area (Å²) in [6.45, 7) is 0. The summed E-state index contributed by atoms with van der Waals surface area (Å²) in [5, 5.41) is 24.6. The largest absolute Gasteiger partial charge is 0.309 e. The average Bonchev–Trinajstić information content (AvgIpc) is 1.24. The third-order valence-electron chi connectivity index (χ3n) is 24.8. The van der Waals surface area contributed by atoms with Crippen molar-refractivity contribution in [3.8, 4) is 102 Å². The van der Waals surface area contributed by atoms with Crippen molar-refractivity contribution < 1.29 is 0 Å². The van der Waals surface area contributed by atoms with Crippen molar-refractivity contribution in [2.45, 2.75) is 0 Å². The molecule has 576 valence electrons. The van der Waals surface area contributed by atoms with E-state index < -0.39 is 0 Å². The molecular formula is C114H68N8S2. The minimum absolute atomic E-state index is 0.640. The minimum atomic E-state index is 0.640. The summed E-state index contributed by atoms with van der Waals surface area (Å²) in [4.78, 5) is 30.2. The number of nitrogens with zero attached hydrogens (tertiary/aromatic N) is 8. The molecule has 0 aliphatic carbocycles. The van der Waals surface area contributed by atoms with Crippen LogP contribution in [-0.2, 0) is 0 Å². The molecule has 8 nitrogen and oxygen atoms in total. The van der Waals surface area contributed by atoms with E-state index in [4.69, 9.17) is 29.9 Å². The fourth-order valence-electron chi connectivity index (χ4n) is 19.1. The second-order valence-corrected chi connectivity index (χ2v) is 34.0. The Morgan fingerprint density at radius 1 is 0.153 bits per heavy atom. The molecule has 0 aliphatic rings. The van der Waals surface area contributed by atoms with E-state index in [1.165, 1.54) is 165 Å². The molecule has 6 heterocycles. The molecule has 0 fully saturated rings. The molecule has 0 N–H and O–H groups in total. The highest BCUT2D eigenvalue weighted by atomic mass is 32.1. The Labute approximate surface area is 719 Å². The standard InChI is InChI=1S/2C57H34N4S/c1-3-14-35(15-4-1)55-58-56(36-16-5-2-6-17-36)60-57(59-55)38-26-29-43-44-30-28-39(34-49(44)42-19-8-7-18-41(42)48(43)33-38)61-51-24-11-9-20-45(51)50-32-37(27-31-52(50)61)40-22-13-23-47-46-21-10-12-25-53(46)62-54(40)47;1-3-14-35(15-4-1)55-58-56(36-16-5-2-6-17-36)60-57(59-55)38-26-29-43-41-18-7-8-19-42(41)44-30-28-39(34-49(44)48(43)33-38)61-51-24-11-9-20-45(51)50-32-37(27-31-52(50)61)40-22-13-23-47-46-21-10-12-25-53(46)62-54(40)47/h2*1-34H. The van der Waals surface area contributed by atoms with Crippen LogP contribution in [0.5, 0.6) is 0 Å². The van der Waals surface area contributed by atoms with Gasteiger partial charge < -0.3 is 9.13 Å². The normalized spacial score (nSPS) is 11.9. The third kappa shape index (κ3) is 11.7. The van der Waals surface area contributed by atoms with Gasteiger partial charge in [0.1, 0.15) is 0 Å². The van der Waals surface area contributed by atoms with Crippen LogP contribution in [0.4, 0.5) is 0 Å². The quantitative estimate of drug-likeness (QED) is 0.127.